The zero-order chi connectivity index (χ0) is 10.6. The maximum absolute atomic E-state index is 8.86. The number of halogens is 1. The van der Waals surface area contributed by atoms with Crippen molar-refractivity contribution in [3.05, 3.63) is 22.7 Å². The lowest BCUT2D eigenvalue weighted by atomic mass is 10.2. The summed E-state index contributed by atoms with van der Waals surface area (Å²) in [5.41, 5.74) is 7.39. The standard InChI is InChI=1S/C10H15BrN2O/c1-7(6-14)5-13-10-4-8(11)2-3-9(10)12/h2-4,7,13-14H,5-6,12H2,1H3. The molecule has 0 radical (unpaired) electrons. The minimum Gasteiger partial charge on any atom is -0.397 e. The molecule has 0 aliphatic rings. The number of aliphatic hydroxyl groups excluding tert-OH is 1. The molecule has 0 heterocycles. The second kappa shape index (κ2) is 5.22. The molecule has 0 spiro atoms. The monoisotopic (exact) mass is 258 g/mol. The van der Waals surface area contributed by atoms with Gasteiger partial charge in [0.2, 0.25) is 0 Å². The Labute approximate surface area is 92.4 Å². The van der Waals surface area contributed by atoms with E-state index in [1.165, 1.54) is 0 Å². The molecule has 0 amide bonds. The van der Waals surface area contributed by atoms with Gasteiger partial charge in [-0.15, -0.1) is 0 Å². The number of nitrogens with one attached hydrogen (secondary N) is 1. The van der Waals surface area contributed by atoms with Gasteiger partial charge in [0.1, 0.15) is 0 Å². The van der Waals surface area contributed by atoms with E-state index >= 15 is 0 Å². The van der Waals surface area contributed by atoms with Crippen LogP contribution in [0.2, 0.25) is 0 Å². The Morgan fingerprint density at radius 3 is 2.93 bits per heavy atom. The predicted molar refractivity (Wildman–Crippen MR) is 63.3 cm³/mol. The molecule has 1 aromatic carbocycles. The fourth-order valence-corrected chi connectivity index (χ4v) is 1.39. The normalized spacial score (nSPS) is 12.5. The molecule has 0 bridgehead atoms. The minimum absolute atomic E-state index is 0.181. The highest BCUT2D eigenvalue weighted by Gasteiger charge is 2.02. The van der Waals surface area contributed by atoms with Crippen LogP contribution >= 0.6 is 15.9 Å². The molecular formula is C10H15BrN2O. The largest absolute Gasteiger partial charge is 0.397 e. The zero-order valence-corrected chi connectivity index (χ0v) is 9.71. The highest BCUT2D eigenvalue weighted by molar-refractivity contribution is 9.10. The highest BCUT2D eigenvalue weighted by Crippen LogP contribution is 2.23. The summed E-state index contributed by atoms with van der Waals surface area (Å²) in [4.78, 5) is 0. The van der Waals surface area contributed by atoms with Crippen molar-refractivity contribution in [1.29, 1.82) is 0 Å². The molecule has 0 aliphatic carbocycles. The van der Waals surface area contributed by atoms with E-state index < -0.39 is 0 Å². The predicted octanol–water partition coefficient (Wildman–Crippen LogP) is 2.07. The van der Waals surface area contributed by atoms with Gasteiger partial charge in [0.25, 0.3) is 0 Å². The van der Waals surface area contributed by atoms with Gasteiger partial charge >= 0.3 is 0 Å². The first-order chi connectivity index (χ1) is 6.63. The van der Waals surface area contributed by atoms with Crippen molar-refractivity contribution in [3.8, 4) is 0 Å². The van der Waals surface area contributed by atoms with Gasteiger partial charge in [0, 0.05) is 17.6 Å². The third kappa shape index (κ3) is 3.20. The third-order valence-corrected chi connectivity index (χ3v) is 2.46. The van der Waals surface area contributed by atoms with Crippen molar-refractivity contribution in [3.63, 3.8) is 0 Å². The molecule has 1 rings (SSSR count). The van der Waals surface area contributed by atoms with Gasteiger partial charge in [-0.25, -0.2) is 0 Å². The number of aliphatic hydroxyl groups is 1. The molecule has 1 aromatic rings. The fourth-order valence-electron chi connectivity index (χ4n) is 1.03. The summed E-state index contributed by atoms with van der Waals surface area (Å²) in [6.45, 7) is 2.87. The van der Waals surface area contributed by atoms with E-state index in [-0.39, 0.29) is 12.5 Å². The van der Waals surface area contributed by atoms with E-state index in [1.54, 1.807) is 0 Å². The van der Waals surface area contributed by atoms with Crippen LogP contribution in [-0.4, -0.2) is 18.3 Å². The summed E-state index contributed by atoms with van der Waals surface area (Å²) in [6.07, 6.45) is 0. The Kier molecular flexibility index (Phi) is 4.22. The van der Waals surface area contributed by atoms with E-state index in [0.717, 1.165) is 22.4 Å². The number of nitrogen functional groups attached to an aromatic ring is 1. The number of hydrogen-bond acceptors (Lipinski definition) is 3. The van der Waals surface area contributed by atoms with Crippen LogP contribution in [0.15, 0.2) is 22.7 Å². The van der Waals surface area contributed by atoms with Crippen LogP contribution in [-0.2, 0) is 0 Å². The van der Waals surface area contributed by atoms with Crippen LogP contribution in [0.3, 0.4) is 0 Å². The van der Waals surface area contributed by atoms with E-state index in [0.29, 0.717) is 0 Å². The van der Waals surface area contributed by atoms with Crippen LogP contribution in [0.1, 0.15) is 6.92 Å². The van der Waals surface area contributed by atoms with Crippen LogP contribution in [0.25, 0.3) is 0 Å². The first-order valence-electron chi connectivity index (χ1n) is 4.53. The first kappa shape index (κ1) is 11.3. The smallest absolute Gasteiger partial charge is 0.0585 e. The summed E-state index contributed by atoms with van der Waals surface area (Å²) >= 11 is 3.38. The molecule has 4 N–H and O–H groups in total. The summed E-state index contributed by atoms with van der Waals surface area (Å²) in [7, 11) is 0. The molecule has 1 unspecified atom stereocenters. The van der Waals surface area contributed by atoms with Crippen molar-refractivity contribution in [2.75, 3.05) is 24.2 Å². The van der Waals surface area contributed by atoms with Gasteiger partial charge in [-0.3, -0.25) is 0 Å². The maximum atomic E-state index is 8.86. The molecule has 0 aromatic heterocycles. The highest BCUT2D eigenvalue weighted by atomic mass is 79.9. The first-order valence-corrected chi connectivity index (χ1v) is 5.32. The second-order valence-corrected chi connectivity index (χ2v) is 4.32. The van der Waals surface area contributed by atoms with Gasteiger partial charge in [0.05, 0.1) is 11.4 Å². The van der Waals surface area contributed by atoms with Gasteiger partial charge in [-0.1, -0.05) is 22.9 Å². The number of anilines is 2. The molecule has 0 aliphatic heterocycles. The molecule has 4 heteroatoms. The average Bonchev–Trinajstić information content (AvgIpc) is 2.19. The molecule has 0 saturated heterocycles. The number of hydrogen-bond donors (Lipinski definition) is 3. The quantitative estimate of drug-likeness (QED) is 0.725. The Morgan fingerprint density at radius 2 is 2.29 bits per heavy atom. The van der Waals surface area contributed by atoms with E-state index in [9.17, 15) is 0 Å². The topological polar surface area (TPSA) is 58.3 Å². The molecule has 1 atom stereocenters. The Hall–Kier alpha value is -0.740. The van der Waals surface area contributed by atoms with E-state index in [1.807, 2.05) is 25.1 Å². The van der Waals surface area contributed by atoms with Crippen molar-refractivity contribution >= 4 is 27.3 Å². The van der Waals surface area contributed by atoms with Gasteiger partial charge in [-0.2, -0.15) is 0 Å². The lowest BCUT2D eigenvalue weighted by Crippen LogP contribution is -2.15. The summed E-state index contributed by atoms with van der Waals surface area (Å²) in [6, 6.07) is 5.67. The van der Waals surface area contributed by atoms with Crippen LogP contribution < -0.4 is 11.1 Å². The van der Waals surface area contributed by atoms with Crippen molar-refractivity contribution in [2.24, 2.45) is 5.92 Å². The van der Waals surface area contributed by atoms with E-state index in [4.69, 9.17) is 10.8 Å². The van der Waals surface area contributed by atoms with Crippen LogP contribution in [0, 0.1) is 5.92 Å². The van der Waals surface area contributed by atoms with Gasteiger partial charge < -0.3 is 16.2 Å². The average molecular weight is 259 g/mol. The van der Waals surface area contributed by atoms with Crippen molar-refractivity contribution in [2.45, 2.75) is 6.92 Å². The lowest BCUT2D eigenvalue weighted by Gasteiger charge is -2.12. The number of nitrogens with two attached hydrogens (primary N) is 1. The molecule has 0 saturated carbocycles. The third-order valence-electron chi connectivity index (χ3n) is 1.97. The second-order valence-electron chi connectivity index (χ2n) is 3.40. The molecular weight excluding hydrogens is 244 g/mol. The minimum atomic E-state index is 0.181. The van der Waals surface area contributed by atoms with Gasteiger partial charge in [0.15, 0.2) is 0 Å². The summed E-state index contributed by atoms with van der Waals surface area (Å²) in [5, 5.41) is 12.0. The lowest BCUT2D eigenvalue weighted by molar-refractivity contribution is 0.244. The number of rotatable bonds is 4. The summed E-state index contributed by atoms with van der Waals surface area (Å²) in [5.74, 6) is 0.230. The molecule has 14 heavy (non-hydrogen) atoms. The summed E-state index contributed by atoms with van der Waals surface area (Å²) < 4.78 is 0.992. The Bertz CT molecular complexity index is 304. The SMILES string of the molecule is CC(CO)CNc1cc(Br)ccc1N. The van der Waals surface area contributed by atoms with Crippen LogP contribution in [0.5, 0.6) is 0 Å². The zero-order valence-electron chi connectivity index (χ0n) is 8.13. The maximum Gasteiger partial charge on any atom is 0.0585 e. The Morgan fingerprint density at radius 1 is 1.57 bits per heavy atom. The van der Waals surface area contributed by atoms with E-state index in [2.05, 4.69) is 21.2 Å². The fraction of sp³-hybridized carbons (Fsp3) is 0.400. The molecule has 78 valence electrons. The molecule has 0 fully saturated rings. The van der Waals surface area contributed by atoms with Gasteiger partial charge in [-0.05, 0) is 24.1 Å². The number of benzene rings is 1. The van der Waals surface area contributed by atoms with Crippen molar-refractivity contribution < 1.29 is 5.11 Å². The van der Waals surface area contributed by atoms with Crippen LogP contribution in [0.4, 0.5) is 11.4 Å². The molecule has 3 nitrogen and oxygen atoms in total. The van der Waals surface area contributed by atoms with Crippen molar-refractivity contribution in [1.82, 2.24) is 0 Å². The Balaban J connectivity index is 2.62.